The van der Waals surface area contributed by atoms with Gasteiger partial charge in [0.25, 0.3) is 5.56 Å². The standard InChI is InChI=1S/C26H42N6O3/c1-4-9-30-24-21(25(33)31(10-5-2)26(30)34)27-23(28-24)20-16-18-7-8-19(17-20)22(18)32(11-6-3)29-12-14-35-15-13-29/h18-20,22H,4-17H2,1-3H3,(H,27,28). The summed E-state index contributed by atoms with van der Waals surface area (Å²) in [6.45, 7) is 12.1. The molecule has 0 aromatic carbocycles. The van der Waals surface area contributed by atoms with Crippen molar-refractivity contribution in [1.82, 2.24) is 29.1 Å². The first-order chi connectivity index (χ1) is 17.1. The zero-order valence-corrected chi connectivity index (χ0v) is 21.7. The molecule has 5 rings (SSSR count). The molecule has 3 heterocycles. The Morgan fingerprint density at radius 1 is 0.971 bits per heavy atom. The maximum Gasteiger partial charge on any atom is 0.332 e. The van der Waals surface area contributed by atoms with Gasteiger partial charge in [0, 0.05) is 44.7 Å². The zero-order chi connectivity index (χ0) is 24.5. The van der Waals surface area contributed by atoms with Crippen molar-refractivity contribution in [1.29, 1.82) is 0 Å². The third-order valence-electron chi connectivity index (χ3n) is 8.36. The van der Waals surface area contributed by atoms with Gasteiger partial charge in [0.1, 0.15) is 11.3 Å². The molecular formula is C26H42N6O3. The summed E-state index contributed by atoms with van der Waals surface area (Å²) in [6.07, 6.45) is 7.43. The molecule has 2 unspecified atom stereocenters. The Morgan fingerprint density at radius 2 is 1.63 bits per heavy atom. The smallest absolute Gasteiger partial charge is 0.332 e. The second kappa shape index (κ2) is 10.6. The van der Waals surface area contributed by atoms with Crippen LogP contribution in [0.25, 0.3) is 11.2 Å². The van der Waals surface area contributed by atoms with Crippen LogP contribution >= 0.6 is 0 Å². The lowest BCUT2D eigenvalue weighted by Gasteiger charge is -2.47. The van der Waals surface area contributed by atoms with Crippen LogP contribution in [-0.4, -0.2) is 68.0 Å². The molecule has 0 spiro atoms. The van der Waals surface area contributed by atoms with Crippen LogP contribution in [0.2, 0.25) is 0 Å². The number of aromatic amines is 1. The quantitative estimate of drug-likeness (QED) is 0.586. The molecule has 194 valence electrons. The van der Waals surface area contributed by atoms with E-state index in [0.29, 0.717) is 48.0 Å². The molecule has 1 saturated heterocycles. The van der Waals surface area contributed by atoms with Gasteiger partial charge in [0.15, 0.2) is 5.65 Å². The van der Waals surface area contributed by atoms with E-state index in [4.69, 9.17) is 9.72 Å². The summed E-state index contributed by atoms with van der Waals surface area (Å²) < 4.78 is 8.71. The summed E-state index contributed by atoms with van der Waals surface area (Å²) in [5, 5.41) is 5.23. The summed E-state index contributed by atoms with van der Waals surface area (Å²) in [6, 6.07) is 0.591. The third-order valence-corrected chi connectivity index (χ3v) is 8.36. The molecule has 0 amide bonds. The van der Waals surface area contributed by atoms with Gasteiger partial charge in [-0.05, 0) is 56.8 Å². The first-order valence-electron chi connectivity index (χ1n) is 13.9. The van der Waals surface area contributed by atoms with Crippen molar-refractivity contribution in [2.24, 2.45) is 11.8 Å². The highest BCUT2D eigenvalue weighted by molar-refractivity contribution is 5.70. The Morgan fingerprint density at radius 3 is 2.26 bits per heavy atom. The average molecular weight is 487 g/mol. The van der Waals surface area contributed by atoms with Gasteiger partial charge in [-0.15, -0.1) is 0 Å². The van der Waals surface area contributed by atoms with Gasteiger partial charge < -0.3 is 9.72 Å². The summed E-state index contributed by atoms with van der Waals surface area (Å²) in [5.41, 5.74) is 0.585. The number of aromatic nitrogens is 4. The highest BCUT2D eigenvalue weighted by Gasteiger charge is 2.47. The molecule has 3 aliphatic rings. The van der Waals surface area contributed by atoms with Crippen molar-refractivity contribution in [2.45, 2.75) is 90.8 Å². The first kappa shape index (κ1) is 24.7. The number of imidazole rings is 1. The van der Waals surface area contributed by atoms with E-state index >= 15 is 0 Å². The molecule has 1 N–H and O–H groups in total. The SMILES string of the molecule is CCCN(C1C2CCC1CC(c1nc3c([nH]1)c(=O)n(CCC)c(=O)n3CCC)C2)N1CCOCC1. The van der Waals surface area contributed by atoms with Crippen LogP contribution in [0.3, 0.4) is 0 Å². The molecule has 0 radical (unpaired) electrons. The second-order valence-electron chi connectivity index (χ2n) is 10.7. The Kier molecular flexibility index (Phi) is 7.46. The number of ether oxygens (including phenoxy) is 1. The highest BCUT2D eigenvalue weighted by atomic mass is 16.5. The molecule has 9 nitrogen and oxygen atoms in total. The summed E-state index contributed by atoms with van der Waals surface area (Å²) in [7, 11) is 0. The van der Waals surface area contributed by atoms with Gasteiger partial charge in [-0.3, -0.25) is 13.9 Å². The van der Waals surface area contributed by atoms with E-state index in [-0.39, 0.29) is 11.2 Å². The Balaban J connectivity index is 1.44. The molecule has 2 saturated carbocycles. The number of fused-ring (bicyclic) bond motifs is 3. The van der Waals surface area contributed by atoms with Crippen LogP contribution in [-0.2, 0) is 17.8 Å². The molecule has 2 atom stereocenters. The number of hydrogen-bond acceptors (Lipinski definition) is 6. The highest BCUT2D eigenvalue weighted by Crippen LogP contribution is 2.50. The number of aryl methyl sites for hydroxylation is 1. The Hall–Kier alpha value is -1.97. The number of hydrogen-bond donors (Lipinski definition) is 1. The third kappa shape index (κ3) is 4.51. The van der Waals surface area contributed by atoms with Gasteiger partial charge >= 0.3 is 5.69 Å². The fraction of sp³-hybridized carbons (Fsp3) is 0.808. The van der Waals surface area contributed by atoms with Gasteiger partial charge in [-0.25, -0.2) is 19.8 Å². The lowest BCUT2D eigenvalue weighted by Crippen LogP contribution is -2.57. The molecule has 9 heteroatoms. The fourth-order valence-electron chi connectivity index (χ4n) is 6.95. The number of hydrazine groups is 1. The normalized spacial score (nSPS) is 27.3. The molecule has 2 aromatic heterocycles. The molecule has 2 aromatic rings. The van der Waals surface area contributed by atoms with Gasteiger partial charge in [0.05, 0.1) is 13.2 Å². The predicted molar refractivity (Wildman–Crippen MR) is 137 cm³/mol. The topological polar surface area (TPSA) is 88.4 Å². The lowest BCUT2D eigenvalue weighted by molar-refractivity contribution is -0.134. The van der Waals surface area contributed by atoms with E-state index in [0.717, 1.165) is 70.8 Å². The van der Waals surface area contributed by atoms with Crippen molar-refractivity contribution < 1.29 is 4.74 Å². The van der Waals surface area contributed by atoms with Crippen molar-refractivity contribution in [2.75, 3.05) is 32.8 Å². The van der Waals surface area contributed by atoms with Crippen LogP contribution in [0.5, 0.6) is 0 Å². The van der Waals surface area contributed by atoms with Crippen molar-refractivity contribution >= 4 is 11.2 Å². The average Bonchev–Trinajstić information content (AvgIpc) is 3.42. The molecule has 2 aliphatic carbocycles. The molecule has 35 heavy (non-hydrogen) atoms. The minimum atomic E-state index is -0.228. The van der Waals surface area contributed by atoms with Crippen molar-refractivity contribution in [3.8, 4) is 0 Å². The Bertz CT molecular complexity index is 1120. The minimum absolute atomic E-state index is 0.226. The lowest BCUT2D eigenvalue weighted by atomic mass is 9.76. The number of rotatable bonds is 9. The summed E-state index contributed by atoms with van der Waals surface area (Å²) in [4.78, 5) is 34.6. The maximum atomic E-state index is 13.2. The number of H-pyrrole nitrogens is 1. The minimum Gasteiger partial charge on any atom is -0.379 e. The second-order valence-corrected chi connectivity index (χ2v) is 10.7. The van der Waals surface area contributed by atoms with E-state index < -0.39 is 0 Å². The number of morpholine rings is 1. The van der Waals surface area contributed by atoms with Crippen molar-refractivity contribution in [3.05, 3.63) is 26.7 Å². The van der Waals surface area contributed by atoms with Crippen LogP contribution in [0.15, 0.2) is 9.59 Å². The zero-order valence-electron chi connectivity index (χ0n) is 21.7. The van der Waals surface area contributed by atoms with Crippen LogP contribution < -0.4 is 11.2 Å². The van der Waals surface area contributed by atoms with E-state index in [1.54, 1.807) is 4.57 Å². The first-order valence-corrected chi connectivity index (χ1v) is 13.9. The molecule has 2 bridgehead atoms. The maximum absolute atomic E-state index is 13.2. The molecular weight excluding hydrogens is 444 g/mol. The van der Waals surface area contributed by atoms with Crippen LogP contribution in [0.4, 0.5) is 0 Å². The predicted octanol–water partition coefficient (Wildman–Crippen LogP) is 2.94. The fourth-order valence-corrected chi connectivity index (χ4v) is 6.95. The van der Waals surface area contributed by atoms with Crippen LogP contribution in [0.1, 0.15) is 77.5 Å². The number of nitrogens with one attached hydrogen (secondary N) is 1. The van der Waals surface area contributed by atoms with Gasteiger partial charge in [-0.1, -0.05) is 20.8 Å². The summed E-state index contributed by atoms with van der Waals surface area (Å²) in [5.74, 6) is 2.49. The van der Waals surface area contributed by atoms with E-state index in [2.05, 4.69) is 28.8 Å². The van der Waals surface area contributed by atoms with E-state index in [1.165, 1.54) is 17.4 Å². The summed E-state index contributed by atoms with van der Waals surface area (Å²) >= 11 is 0. The van der Waals surface area contributed by atoms with Gasteiger partial charge in [-0.2, -0.15) is 0 Å². The largest absolute Gasteiger partial charge is 0.379 e. The monoisotopic (exact) mass is 486 g/mol. The van der Waals surface area contributed by atoms with Crippen molar-refractivity contribution in [3.63, 3.8) is 0 Å². The molecule has 3 fully saturated rings. The number of nitrogens with zero attached hydrogens (tertiary/aromatic N) is 5. The Labute approximate surface area is 207 Å². The molecule has 1 aliphatic heterocycles. The van der Waals surface area contributed by atoms with Gasteiger partial charge in [0.2, 0.25) is 0 Å². The van der Waals surface area contributed by atoms with Crippen LogP contribution in [0, 0.1) is 11.8 Å². The van der Waals surface area contributed by atoms with E-state index in [9.17, 15) is 9.59 Å². The van der Waals surface area contributed by atoms with E-state index in [1.807, 2.05) is 6.92 Å².